The largest absolute Gasteiger partial charge is 0.466 e. The Hall–Kier alpha value is -0.610. The molecule has 0 radical (unpaired) electrons. The van der Waals surface area contributed by atoms with Crippen LogP contribution in [0.2, 0.25) is 0 Å². The summed E-state index contributed by atoms with van der Waals surface area (Å²) in [6.45, 7) is 5.86. The molecule has 0 N–H and O–H groups in total. The second-order valence-electron chi connectivity index (χ2n) is 4.92. The van der Waals surface area contributed by atoms with Crippen molar-refractivity contribution in [2.75, 3.05) is 32.9 Å². The normalized spacial score (nSPS) is 24.1. The molecule has 1 saturated carbocycles. The third-order valence-electron chi connectivity index (χ3n) is 3.89. The quantitative estimate of drug-likeness (QED) is 0.683. The molecule has 17 heavy (non-hydrogen) atoms. The molecule has 1 unspecified atom stereocenters. The van der Waals surface area contributed by atoms with E-state index < -0.39 is 0 Å². The van der Waals surface area contributed by atoms with Crippen LogP contribution in [0.25, 0.3) is 0 Å². The minimum absolute atomic E-state index is 0.0455. The van der Waals surface area contributed by atoms with Gasteiger partial charge in [-0.05, 0) is 25.7 Å². The summed E-state index contributed by atoms with van der Waals surface area (Å²) in [6.07, 6.45) is 4.40. The number of rotatable bonds is 5. The molecule has 0 spiro atoms. The molecule has 1 aliphatic carbocycles. The molecule has 0 aromatic rings. The van der Waals surface area contributed by atoms with E-state index in [0.29, 0.717) is 25.0 Å². The molecule has 1 atom stereocenters. The van der Waals surface area contributed by atoms with Gasteiger partial charge in [-0.15, -0.1) is 0 Å². The van der Waals surface area contributed by atoms with Crippen LogP contribution in [0.1, 0.15) is 32.6 Å². The Bertz CT molecular complexity index is 247. The van der Waals surface area contributed by atoms with Crippen molar-refractivity contribution in [3.8, 4) is 0 Å². The highest BCUT2D eigenvalue weighted by Crippen LogP contribution is 2.34. The Morgan fingerprint density at radius 3 is 2.65 bits per heavy atom. The maximum Gasteiger partial charge on any atom is 0.307 e. The predicted octanol–water partition coefficient (Wildman–Crippen LogP) is 1.44. The van der Waals surface area contributed by atoms with E-state index in [0.717, 1.165) is 26.3 Å². The summed E-state index contributed by atoms with van der Waals surface area (Å²) >= 11 is 0. The van der Waals surface area contributed by atoms with Crippen molar-refractivity contribution < 1.29 is 14.3 Å². The smallest absolute Gasteiger partial charge is 0.307 e. The number of esters is 1. The Balaban J connectivity index is 1.89. The lowest BCUT2D eigenvalue weighted by Crippen LogP contribution is -2.49. The van der Waals surface area contributed by atoms with Gasteiger partial charge in [0.25, 0.3) is 0 Å². The zero-order valence-corrected chi connectivity index (χ0v) is 10.7. The lowest BCUT2D eigenvalue weighted by Gasteiger charge is -2.42. The number of hydrogen-bond donors (Lipinski definition) is 0. The van der Waals surface area contributed by atoms with Crippen LogP contribution in [0.15, 0.2) is 0 Å². The molecule has 4 nitrogen and oxygen atoms in total. The fourth-order valence-electron chi connectivity index (χ4n) is 2.72. The van der Waals surface area contributed by atoms with Crippen molar-refractivity contribution in [3.63, 3.8) is 0 Å². The van der Waals surface area contributed by atoms with E-state index in [-0.39, 0.29) is 5.97 Å². The Kier molecular flexibility index (Phi) is 4.80. The lowest BCUT2D eigenvalue weighted by atomic mass is 9.77. The summed E-state index contributed by atoms with van der Waals surface area (Å²) in [4.78, 5) is 14.1. The first-order valence-electron chi connectivity index (χ1n) is 6.78. The molecule has 2 rings (SSSR count). The van der Waals surface area contributed by atoms with Crippen molar-refractivity contribution in [2.45, 2.75) is 38.6 Å². The summed E-state index contributed by atoms with van der Waals surface area (Å²) in [5, 5.41) is 0. The maximum atomic E-state index is 11.7. The first kappa shape index (κ1) is 12.8. The van der Waals surface area contributed by atoms with Crippen LogP contribution in [0, 0.1) is 5.92 Å². The summed E-state index contributed by atoms with van der Waals surface area (Å²) in [6, 6.07) is 0.381. The van der Waals surface area contributed by atoms with E-state index in [4.69, 9.17) is 9.47 Å². The van der Waals surface area contributed by atoms with Crippen molar-refractivity contribution >= 4 is 5.97 Å². The summed E-state index contributed by atoms with van der Waals surface area (Å²) in [7, 11) is 0. The number of ether oxygens (including phenoxy) is 2. The van der Waals surface area contributed by atoms with Crippen LogP contribution in [0.4, 0.5) is 0 Å². The molecule has 4 heteroatoms. The van der Waals surface area contributed by atoms with Crippen LogP contribution in [-0.4, -0.2) is 49.8 Å². The highest BCUT2D eigenvalue weighted by Gasteiger charge is 2.34. The van der Waals surface area contributed by atoms with Gasteiger partial charge < -0.3 is 9.47 Å². The molecule has 0 amide bonds. The van der Waals surface area contributed by atoms with Crippen LogP contribution in [0.5, 0.6) is 0 Å². The molecule has 1 aliphatic heterocycles. The number of carbonyl (C=O) groups is 1. The van der Waals surface area contributed by atoms with E-state index >= 15 is 0 Å². The van der Waals surface area contributed by atoms with Gasteiger partial charge >= 0.3 is 5.97 Å². The highest BCUT2D eigenvalue weighted by molar-refractivity contribution is 5.70. The number of hydrogen-bond acceptors (Lipinski definition) is 4. The molecule has 1 heterocycles. The third kappa shape index (κ3) is 3.42. The molecule has 2 fully saturated rings. The molecule has 0 aromatic carbocycles. The number of carbonyl (C=O) groups excluding carboxylic acids is 1. The van der Waals surface area contributed by atoms with Crippen molar-refractivity contribution in [1.29, 1.82) is 0 Å². The van der Waals surface area contributed by atoms with E-state index in [1.807, 2.05) is 6.92 Å². The second-order valence-corrected chi connectivity index (χ2v) is 4.92. The molecular formula is C13H23NO3. The van der Waals surface area contributed by atoms with E-state index in [1.165, 1.54) is 19.3 Å². The van der Waals surface area contributed by atoms with Crippen LogP contribution >= 0.6 is 0 Å². The zero-order chi connectivity index (χ0) is 12.1. The second kappa shape index (κ2) is 6.36. The molecule has 2 aliphatic rings. The van der Waals surface area contributed by atoms with Crippen molar-refractivity contribution in [1.82, 2.24) is 4.90 Å². The fraction of sp³-hybridized carbons (Fsp3) is 0.923. The maximum absolute atomic E-state index is 11.7. The summed E-state index contributed by atoms with van der Waals surface area (Å²) in [5.41, 5.74) is 0. The number of nitrogens with zero attached hydrogens (tertiary/aromatic N) is 1. The highest BCUT2D eigenvalue weighted by atomic mass is 16.5. The van der Waals surface area contributed by atoms with Crippen LogP contribution < -0.4 is 0 Å². The summed E-state index contributed by atoms with van der Waals surface area (Å²) in [5.74, 6) is 0.647. The molecule has 0 aromatic heterocycles. The van der Waals surface area contributed by atoms with Gasteiger partial charge in [-0.25, -0.2) is 0 Å². The monoisotopic (exact) mass is 241 g/mol. The fourth-order valence-corrected chi connectivity index (χ4v) is 2.72. The van der Waals surface area contributed by atoms with Gasteiger partial charge in [0.2, 0.25) is 0 Å². The van der Waals surface area contributed by atoms with Gasteiger partial charge in [0.15, 0.2) is 0 Å². The van der Waals surface area contributed by atoms with Gasteiger partial charge in [-0.3, -0.25) is 9.69 Å². The van der Waals surface area contributed by atoms with Crippen LogP contribution in [-0.2, 0) is 14.3 Å². The van der Waals surface area contributed by atoms with E-state index in [1.54, 1.807) is 0 Å². The van der Waals surface area contributed by atoms with Gasteiger partial charge in [-0.1, -0.05) is 6.42 Å². The average Bonchev–Trinajstić information content (AvgIpc) is 2.27. The third-order valence-corrected chi connectivity index (χ3v) is 3.89. The van der Waals surface area contributed by atoms with Crippen molar-refractivity contribution in [3.05, 3.63) is 0 Å². The SMILES string of the molecule is CCOC(=O)CC(C1CCC1)N1CCOCC1. The molecular weight excluding hydrogens is 218 g/mol. The first-order valence-corrected chi connectivity index (χ1v) is 6.78. The van der Waals surface area contributed by atoms with E-state index in [2.05, 4.69) is 4.90 Å². The van der Waals surface area contributed by atoms with Crippen LogP contribution in [0.3, 0.4) is 0 Å². The Labute approximate surface area is 103 Å². The van der Waals surface area contributed by atoms with Gasteiger partial charge in [0.05, 0.1) is 26.2 Å². The van der Waals surface area contributed by atoms with Gasteiger partial charge in [0, 0.05) is 19.1 Å². The first-order chi connectivity index (χ1) is 8.31. The lowest BCUT2D eigenvalue weighted by molar-refractivity contribution is -0.146. The molecule has 1 saturated heterocycles. The summed E-state index contributed by atoms with van der Waals surface area (Å²) < 4.78 is 10.5. The Morgan fingerprint density at radius 2 is 2.12 bits per heavy atom. The molecule has 0 bridgehead atoms. The zero-order valence-electron chi connectivity index (χ0n) is 10.7. The van der Waals surface area contributed by atoms with Crippen molar-refractivity contribution in [2.24, 2.45) is 5.92 Å². The Morgan fingerprint density at radius 1 is 1.41 bits per heavy atom. The molecule has 98 valence electrons. The number of morpholine rings is 1. The van der Waals surface area contributed by atoms with Gasteiger partial charge in [0.1, 0.15) is 0 Å². The average molecular weight is 241 g/mol. The standard InChI is InChI=1S/C13H23NO3/c1-2-17-13(15)10-12(11-4-3-5-11)14-6-8-16-9-7-14/h11-12H,2-10H2,1H3. The predicted molar refractivity (Wildman–Crippen MR) is 64.8 cm³/mol. The minimum atomic E-state index is -0.0455. The van der Waals surface area contributed by atoms with Gasteiger partial charge in [-0.2, -0.15) is 0 Å². The van der Waals surface area contributed by atoms with E-state index in [9.17, 15) is 4.79 Å². The minimum Gasteiger partial charge on any atom is -0.466 e. The topological polar surface area (TPSA) is 38.8 Å².